The maximum absolute atomic E-state index is 13.5. The van der Waals surface area contributed by atoms with Crippen LogP contribution in [0.4, 0.5) is 26.3 Å². The van der Waals surface area contributed by atoms with Crippen molar-refractivity contribution in [1.29, 1.82) is 0 Å². The molecule has 2 atom stereocenters. The Hall–Kier alpha value is -4.49. The fourth-order valence-corrected chi connectivity index (χ4v) is 7.62. The Morgan fingerprint density at radius 2 is 1.62 bits per heavy atom. The molecule has 5 rings (SSSR count). The zero-order valence-electron chi connectivity index (χ0n) is 23.7. The van der Waals surface area contributed by atoms with E-state index in [2.05, 4.69) is 19.4 Å². The van der Waals surface area contributed by atoms with Crippen LogP contribution in [0.15, 0.2) is 65.6 Å². The monoisotopic (exact) mass is 704 g/mol. The number of ether oxygens (including phenoxy) is 1. The van der Waals surface area contributed by atoms with Crippen LogP contribution < -0.4 is 9.44 Å². The number of nitrogens with zero attached hydrogens (tertiary/aromatic N) is 1. The zero-order valence-corrected chi connectivity index (χ0v) is 25.4. The van der Waals surface area contributed by atoms with E-state index in [0.29, 0.717) is 5.56 Å². The molecule has 0 spiro atoms. The molecule has 1 unspecified atom stereocenters. The van der Waals surface area contributed by atoms with Gasteiger partial charge in [-0.15, -0.1) is 0 Å². The number of H-pyrrole nitrogens is 1. The Kier molecular flexibility index (Phi) is 8.61. The summed E-state index contributed by atoms with van der Waals surface area (Å²) in [7, 11) is -7.94. The molecule has 1 amide bonds. The zero-order chi connectivity index (χ0) is 34.5. The van der Waals surface area contributed by atoms with E-state index in [4.69, 9.17) is 0 Å². The van der Waals surface area contributed by atoms with E-state index in [9.17, 15) is 52.8 Å². The first-order chi connectivity index (χ1) is 21.8. The average molecular weight is 705 g/mol. The predicted octanol–water partition coefficient (Wildman–Crippen LogP) is 4.54. The van der Waals surface area contributed by atoms with Crippen LogP contribution in [0.2, 0.25) is 0 Å². The maximum Gasteiger partial charge on any atom is 0.416 e. The molecule has 0 aliphatic carbocycles. The molecule has 1 aliphatic rings. The third-order valence-electron chi connectivity index (χ3n) is 7.21. The highest BCUT2D eigenvalue weighted by Gasteiger charge is 2.40. The number of rotatable bonds is 8. The first kappa shape index (κ1) is 33.9. The molecule has 19 heteroatoms. The van der Waals surface area contributed by atoms with Crippen LogP contribution in [-0.4, -0.2) is 45.8 Å². The molecule has 0 bridgehead atoms. The second-order valence-electron chi connectivity index (χ2n) is 10.5. The van der Waals surface area contributed by atoms with E-state index in [1.54, 1.807) is 0 Å². The SMILES string of the molecule is COC(=O)c1ccc2nc([C@H](Cc3ccc(C4CC(=O)NS4(=O)=O)cc3)NS(=O)(=O)c3cc(C(F)(F)F)cc(C(F)(F)F)c3)[nH]c2c1. The number of hydrogen-bond acceptors (Lipinski definition) is 8. The standard InChI is InChI=1S/C28H22F6N4O7S2/c1-45-26(40)16-6-7-20-21(9-16)36-25(35-20)22(8-14-2-4-15(5-3-14)23-13-24(39)38-47(23,43)44)37-46(41,42)19-11-17(27(29,30)31)10-18(12-19)28(32,33)34/h2-7,9-12,22-23,37H,8,13H2,1H3,(H,35,36)(H,38,39)/t22-,23?/m0/s1. The summed E-state index contributed by atoms with van der Waals surface area (Å²) in [4.78, 5) is 29.5. The van der Waals surface area contributed by atoms with Gasteiger partial charge < -0.3 is 9.72 Å². The Morgan fingerprint density at radius 3 is 2.15 bits per heavy atom. The number of aromatic amines is 1. The second-order valence-corrected chi connectivity index (χ2v) is 14.0. The fraction of sp³-hybridized carbons (Fsp3) is 0.250. The summed E-state index contributed by atoms with van der Waals surface area (Å²) in [5.41, 5.74) is -2.54. The normalized spacial score (nSPS) is 17.4. The smallest absolute Gasteiger partial charge is 0.416 e. The van der Waals surface area contributed by atoms with Crippen molar-refractivity contribution in [2.24, 2.45) is 0 Å². The molecule has 3 aromatic carbocycles. The number of alkyl halides is 6. The van der Waals surface area contributed by atoms with Gasteiger partial charge in [0.05, 0.1) is 52.2 Å². The number of halogens is 6. The van der Waals surface area contributed by atoms with Crippen LogP contribution in [0.3, 0.4) is 0 Å². The number of fused-ring (bicyclic) bond motifs is 1. The molecule has 2 heterocycles. The van der Waals surface area contributed by atoms with Crippen LogP contribution in [0.5, 0.6) is 0 Å². The summed E-state index contributed by atoms with van der Waals surface area (Å²) < 4.78 is 141. The number of amides is 1. The van der Waals surface area contributed by atoms with Gasteiger partial charge in [0.2, 0.25) is 26.0 Å². The van der Waals surface area contributed by atoms with Gasteiger partial charge in [-0.3, -0.25) is 9.52 Å². The van der Waals surface area contributed by atoms with Crippen LogP contribution in [-0.2, 0) is 48.4 Å². The highest BCUT2D eigenvalue weighted by atomic mass is 32.2. The van der Waals surface area contributed by atoms with Gasteiger partial charge >= 0.3 is 18.3 Å². The summed E-state index contributed by atoms with van der Waals surface area (Å²) in [6.45, 7) is 0. The summed E-state index contributed by atoms with van der Waals surface area (Å²) >= 11 is 0. The second kappa shape index (κ2) is 11.9. The lowest BCUT2D eigenvalue weighted by molar-refractivity contribution is -0.143. The van der Waals surface area contributed by atoms with Crippen LogP contribution in [0, 0.1) is 0 Å². The fourth-order valence-electron chi connectivity index (χ4n) is 4.92. The lowest BCUT2D eigenvalue weighted by Crippen LogP contribution is -2.31. The van der Waals surface area contributed by atoms with Gasteiger partial charge in [-0.25, -0.2) is 31.3 Å². The topological polar surface area (TPSA) is 164 Å². The number of hydrogen-bond donors (Lipinski definition) is 3. The molecular weight excluding hydrogens is 682 g/mol. The van der Waals surface area contributed by atoms with Crippen LogP contribution in [0.25, 0.3) is 11.0 Å². The quantitative estimate of drug-likeness (QED) is 0.178. The lowest BCUT2D eigenvalue weighted by atomic mass is 10.0. The Bertz CT molecular complexity index is 2060. The van der Waals surface area contributed by atoms with Crippen LogP contribution >= 0.6 is 0 Å². The number of imidazole rings is 1. The molecule has 1 aliphatic heterocycles. The summed E-state index contributed by atoms with van der Waals surface area (Å²) in [5, 5.41) is -1.18. The first-order valence-corrected chi connectivity index (χ1v) is 16.3. The van der Waals surface area contributed by atoms with Gasteiger partial charge in [0.25, 0.3) is 0 Å². The highest BCUT2D eigenvalue weighted by Crippen LogP contribution is 2.38. The van der Waals surface area contributed by atoms with Gasteiger partial charge in [-0.05, 0) is 53.9 Å². The van der Waals surface area contributed by atoms with E-state index in [1.807, 2.05) is 4.72 Å². The molecule has 0 saturated carbocycles. The predicted molar refractivity (Wildman–Crippen MR) is 152 cm³/mol. The van der Waals surface area contributed by atoms with Gasteiger partial charge in [-0.1, -0.05) is 24.3 Å². The number of carbonyl (C=O) groups is 2. The van der Waals surface area contributed by atoms with Crippen molar-refractivity contribution in [2.75, 3.05) is 7.11 Å². The van der Waals surface area contributed by atoms with E-state index >= 15 is 0 Å². The third-order valence-corrected chi connectivity index (χ3v) is 10.4. The minimum atomic E-state index is -5.31. The molecule has 1 aromatic heterocycles. The molecule has 1 saturated heterocycles. The number of benzene rings is 3. The molecule has 11 nitrogen and oxygen atoms in total. The third kappa shape index (κ3) is 7.25. The van der Waals surface area contributed by atoms with E-state index < -0.39 is 71.6 Å². The first-order valence-electron chi connectivity index (χ1n) is 13.3. The Labute approximate surface area is 262 Å². The molecule has 0 radical (unpaired) electrons. The minimum absolute atomic E-state index is 0.0715. The summed E-state index contributed by atoms with van der Waals surface area (Å²) in [6.07, 6.45) is -11.2. The van der Waals surface area contributed by atoms with Crippen molar-refractivity contribution in [1.82, 2.24) is 19.4 Å². The van der Waals surface area contributed by atoms with Gasteiger partial charge in [0.1, 0.15) is 11.1 Å². The van der Waals surface area contributed by atoms with Gasteiger partial charge in [0, 0.05) is 0 Å². The van der Waals surface area contributed by atoms with Crippen molar-refractivity contribution in [3.8, 4) is 0 Å². The molecule has 250 valence electrons. The average Bonchev–Trinajstić information content (AvgIpc) is 3.54. The molecular formula is C28H22F6N4O7S2. The van der Waals surface area contributed by atoms with Crippen LogP contribution in [0.1, 0.15) is 56.1 Å². The lowest BCUT2D eigenvalue weighted by Gasteiger charge is -2.19. The van der Waals surface area contributed by atoms with E-state index in [0.717, 1.165) is 7.11 Å². The molecule has 4 aromatic rings. The van der Waals surface area contributed by atoms with Crippen molar-refractivity contribution >= 4 is 43.0 Å². The molecule has 1 fully saturated rings. The number of methoxy groups -OCH3 is 1. The van der Waals surface area contributed by atoms with Gasteiger partial charge in [-0.2, -0.15) is 26.3 Å². The van der Waals surface area contributed by atoms with E-state index in [1.165, 1.54) is 42.5 Å². The molecule has 3 N–H and O–H groups in total. The summed E-state index contributed by atoms with van der Waals surface area (Å²) in [5.74, 6) is -1.52. The highest BCUT2D eigenvalue weighted by molar-refractivity contribution is 7.90. The number of esters is 1. The number of aromatic nitrogens is 2. The van der Waals surface area contributed by atoms with Crippen molar-refractivity contribution in [3.63, 3.8) is 0 Å². The van der Waals surface area contributed by atoms with E-state index in [-0.39, 0.29) is 59.0 Å². The number of carbonyl (C=O) groups excluding carboxylic acids is 2. The van der Waals surface area contributed by atoms with Crippen molar-refractivity contribution in [3.05, 3.63) is 94.3 Å². The minimum Gasteiger partial charge on any atom is -0.465 e. The van der Waals surface area contributed by atoms with Crippen molar-refractivity contribution in [2.45, 2.75) is 41.4 Å². The number of sulfonamides is 2. The largest absolute Gasteiger partial charge is 0.465 e. The number of nitrogens with one attached hydrogen (secondary N) is 3. The Morgan fingerprint density at radius 1 is 1.00 bits per heavy atom. The maximum atomic E-state index is 13.5. The Balaban J connectivity index is 1.55. The molecule has 47 heavy (non-hydrogen) atoms. The van der Waals surface area contributed by atoms with Gasteiger partial charge in [0.15, 0.2) is 0 Å². The van der Waals surface area contributed by atoms with Crippen molar-refractivity contribution < 1.29 is 57.5 Å². The summed E-state index contributed by atoms with van der Waals surface area (Å²) in [6, 6.07) is 8.21.